The minimum absolute atomic E-state index is 0. The second-order valence-electron chi connectivity index (χ2n) is 0.650. The summed E-state index contributed by atoms with van der Waals surface area (Å²) >= 11 is 16.1. The zero-order valence-electron chi connectivity index (χ0n) is 10.3. The van der Waals surface area contributed by atoms with Gasteiger partial charge in [0.05, 0.1) is 0 Å². The zero-order chi connectivity index (χ0) is 15.0. The van der Waals surface area contributed by atoms with Crippen molar-refractivity contribution in [2.24, 2.45) is 5.73 Å². The van der Waals surface area contributed by atoms with Crippen molar-refractivity contribution in [1.82, 2.24) is 0 Å². The Bertz CT molecular complexity index is 64.4. The number of nitrogens with two attached hydrogens (primary N) is 1. The molecule has 0 fully saturated rings. The number of thioether (sulfide) groups is 1. The molecule has 0 saturated heterocycles. The third kappa shape index (κ3) is 226. The van der Waals surface area contributed by atoms with Gasteiger partial charge < -0.3 is 28.3 Å². The van der Waals surface area contributed by atoms with Crippen LogP contribution in [0.1, 0.15) is 0 Å². The third-order valence-corrected chi connectivity index (χ3v) is 0.500. The van der Waals surface area contributed by atoms with Crippen molar-refractivity contribution in [1.29, 1.82) is 0 Å². The topological polar surface area (TPSA) is 26.0 Å². The minimum Gasteiger partial charge on any atom is -0.333 e. The van der Waals surface area contributed by atoms with Crippen molar-refractivity contribution >= 4 is 137 Å². The Labute approximate surface area is 199 Å². The molecule has 111 valence electrons. The van der Waals surface area contributed by atoms with E-state index in [1.165, 1.54) is 7.05 Å². The van der Waals surface area contributed by atoms with Gasteiger partial charge in [0, 0.05) is 18.6 Å². The van der Waals surface area contributed by atoms with Gasteiger partial charge in [-0.3, -0.25) is 4.93 Å². The molecule has 1 nitrogen and oxygen atoms in total. The number of hydrogen-bond donors (Lipinski definition) is 2. The van der Waals surface area contributed by atoms with Crippen molar-refractivity contribution in [2.45, 2.75) is -0.0619 Å². The van der Waals surface area contributed by atoms with Gasteiger partial charge in [0.2, 0.25) is 0 Å². The SMILES string of the molecule is C=CSC.CI.CN.CS.IC(I)I.[CH2-]I.[V]. The van der Waals surface area contributed by atoms with Crippen LogP contribution in [0.3, 0.4) is 0 Å². The molecule has 0 aliphatic heterocycles. The molecule has 0 amide bonds. The van der Waals surface area contributed by atoms with Gasteiger partial charge in [-0.05, 0) is 29.9 Å². The molecule has 0 rings (SSSR count). The fourth-order valence-corrected chi connectivity index (χ4v) is 0. The molecule has 2 N–H and O–H groups in total. The Balaban J connectivity index is -0.0000000146. The first-order valence-electron chi connectivity index (χ1n) is 3.38. The number of alkyl halides is 4. The van der Waals surface area contributed by atoms with Gasteiger partial charge in [0.15, 0.2) is 0 Å². The van der Waals surface area contributed by atoms with Crippen molar-refractivity contribution in [3.8, 4) is 0 Å². The van der Waals surface area contributed by atoms with Crippen molar-refractivity contribution in [3.05, 3.63) is 16.9 Å². The molecule has 1 radical (unpaired) electrons. The Morgan fingerprint density at radius 2 is 1.24 bits per heavy atom. The summed E-state index contributed by atoms with van der Waals surface area (Å²) < 4.78 is 0.743. The van der Waals surface area contributed by atoms with E-state index in [0.717, 1.165) is -0.0619 Å². The van der Waals surface area contributed by atoms with Crippen molar-refractivity contribution < 1.29 is 18.6 Å². The standard InChI is InChI=1S/C3H6S.CHI3.CH3I.CH2I.CH5N.CH4S.V/c1-3-4-2;2-1(3)4;4*1-2;/h3H,1H2,2H3;1H;1H3;1H2;2H2,1H3;2H,1H3;/q;;;-1;;;. The van der Waals surface area contributed by atoms with E-state index in [9.17, 15) is 0 Å². The van der Waals surface area contributed by atoms with Crippen LogP contribution in [0.25, 0.3) is 0 Å². The molecule has 0 bridgehead atoms. The normalized spacial score (nSPS) is 5.00. The van der Waals surface area contributed by atoms with E-state index in [1.807, 2.05) is 33.8 Å². The molecule has 0 unspecified atom stereocenters. The molecular weight excluding hydrogens is 860 g/mol. The zero-order valence-corrected chi connectivity index (χ0v) is 24.2. The van der Waals surface area contributed by atoms with Gasteiger partial charge in [-0.1, -0.05) is 96.9 Å². The fourth-order valence-electron chi connectivity index (χ4n) is 0. The number of halogens is 5. The van der Waals surface area contributed by atoms with Crippen LogP contribution >= 0.6 is 137 Å². The Morgan fingerprint density at radius 1 is 1.18 bits per heavy atom. The summed E-state index contributed by atoms with van der Waals surface area (Å²) in [6.07, 6.45) is 3.67. The van der Waals surface area contributed by atoms with E-state index in [2.05, 4.69) is 120 Å². The quantitative estimate of drug-likeness (QED) is 0.137. The van der Waals surface area contributed by atoms with E-state index in [1.54, 1.807) is 23.4 Å². The fraction of sp³-hybridized carbons (Fsp3) is 0.625. The van der Waals surface area contributed by atoms with E-state index in [0.29, 0.717) is 0 Å². The maximum Gasteiger partial charge on any atom is 0.114 e. The number of thiol groups is 1. The smallest absolute Gasteiger partial charge is 0.114 e. The first kappa shape index (κ1) is 43.0. The van der Waals surface area contributed by atoms with Crippen LogP contribution in [0, 0.1) is 4.93 Å². The molecule has 0 atom stereocenters. The van der Waals surface area contributed by atoms with Crippen LogP contribution < -0.4 is 5.73 Å². The van der Waals surface area contributed by atoms with Crippen molar-refractivity contribution in [2.75, 3.05) is 24.5 Å². The van der Waals surface area contributed by atoms with Crippen LogP contribution in [-0.4, -0.2) is 24.4 Å². The first-order valence-corrected chi connectivity index (χ1v) is 13.0. The number of rotatable bonds is 1. The van der Waals surface area contributed by atoms with Gasteiger partial charge in [-0.15, -0.1) is 11.8 Å². The van der Waals surface area contributed by atoms with Gasteiger partial charge in [-0.2, -0.15) is 12.6 Å². The monoisotopic (exact) mass is 881 g/mol. The molecule has 0 saturated carbocycles. The molecule has 0 aromatic heterocycles. The van der Waals surface area contributed by atoms with Crippen LogP contribution in [0.2, 0.25) is 0 Å². The van der Waals surface area contributed by atoms with Crippen LogP contribution in [0.4, 0.5) is 0 Å². The summed E-state index contributed by atoms with van der Waals surface area (Å²) in [6.45, 7) is 3.44. The Hall–Kier alpha value is 4.63. The van der Waals surface area contributed by atoms with E-state index in [-0.39, 0.29) is 18.6 Å². The summed E-state index contributed by atoms with van der Waals surface area (Å²) in [5.74, 6) is 0. The van der Waals surface area contributed by atoms with Gasteiger partial charge in [0.1, 0.15) is -0.0619 Å². The van der Waals surface area contributed by atoms with E-state index < -0.39 is 0 Å². The molecule has 9 heteroatoms. The average Bonchev–Trinajstić information content (AvgIpc) is 2.38. The first-order chi connectivity index (χ1) is 7.65. The molecule has 0 aromatic carbocycles. The molecular formula is C8H21I5NS2V-. The summed E-state index contributed by atoms with van der Waals surface area (Å²) in [6, 6.07) is 0. The van der Waals surface area contributed by atoms with Crippen LogP contribution in [-0.2, 0) is 18.6 Å². The van der Waals surface area contributed by atoms with Gasteiger partial charge >= 0.3 is 0 Å². The number of hydrogen-bond acceptors (Lipinski definition) is 3. The van der Waals surface area contributed by atoms with Gasteiger partial charge in [0.25, 0.3) is 0 Å². The summed E-state index contributed by atoms with van der Waals surface area (Å²) in [5.41, 5.74) is 4.50. The summed E-state index contributed by atoms with van der Waals surface area (Å²) in [5, 5.41) is 1.79. The second kappa shape index (κ2) is 85.7. The minimum atomic E-state index is 0. The molecule has 0 spiro atoms. The van der Waals surface area contributed by atoms with E-state index >= 15 is 0 Å². The largest absolute Gasteiger partial charge is 0.333 e. The molecule has 0 heterocycles. The summed E-state index contributed by atoms with van der Waals surface area (Å²) in [7, 11) is 1.50. The van der Waals surface area contributed by atoms with Gasteiger partial charge in [-0.25, -0.2) is 0 Å². The average molecular weight is 881 g/mol. The predicted molar refractivity (Wildman–Crippen MR) is 134 cm³/mol. The predicted octanol–water partition coefficient (Wildman–Crippen LogP) is 6.45. The summed E-state index contributed by atoms with van der Waals surface area (Å²) in [4.78, 5) is 5.19. The Kier molecular flexibility index (Phi) is 217. The van der Waals surface area contributed by atoms with Crippen LogP contribution in [0.15, 0.2) is 12.0 Å². The maximum atomic E-state index is 4.50. The molecule has 0 aromatic rings. The molecule has 0 aliphatic rings. The van der Waals surface area contributed by atoms with Crippen molar-refractivity contribution in [3.63, 3.8) is 0 Å². The molecule has 0 aliphatic carbocycles. The second-order valence-corrected chi connectivity index (χ2v) is 12.3. The van der Waals surface area contributed by atoms with E-state index in [4.69, 9.17) is 0 Å². The van der Waals surface area contributed by atoms with Crippen LogP contribution in [0.5, 0.6) is 0 Å². The maximum absolute atomic E-state index is 4.50. The third-order valence-electron chi connectivity index (χ3n) is 0.167. The Morgan fingerprint density at radius 3 is 1.24 bits per heavy atom. The molecule has 17 heavy (non-hydrogen) atoms.